The van der Waals surface area contributed by atoms with Gasteiger partial charge in [0.1, 0.15) is 23.6 Å². The number of benzene rings is 1. The molecule has 1 aromatic carbocycles. The van der Waals surface area contributed by atoms with E-state index in [9.17, 15) is 4.79 Å². The fraction of sp³-hybridized carbons (Fsp3) is 0.261. The number of halogens is 1. The zero-order valence-electron chi connectivity index (χ0n) is 19.0. The summed E-state index contributed by atoms with van der Waals surface area (Å²) in [5.74, 6) is 0.767. The Labute approximate surface area is 196 Å². The van der Waals surface area contributed by atoms with Gasteiger partial charge in [0.25, 0.3) is 5.91 Å². The number of fused-ring (bicyclic) bond motifs is 1. The van der Waals surface area contributed by atoms with Gasteiger partial charge in [-0.05, 0) is 38.5 Å². The number of carbonyl (C=O) groups is 1. The highest BCUT2D eigenvalue weighted by atomic mass is 35.5. The molecule has 0 bridgehead atoms. The van der Waals surface area contributed by atoms with Crippen LogP contribution in [0.25, 0.3) is 22.2 Å². The zero-order valence-corrected chi connectivity index (χ0v) is 19.7. The molecule has 0 aliphatic carbocycles. The second kappa shape index (κ2) is 8.67. The average molecular weight is 466 g/mol. The number of nitrogen functional groups attached to an aromatic ring is 1. The molecule has 1 unspecified atom stereocenters. The molecule has 0 fully saturated rings. The summed E-state index contributed by atoms with van der Waals surface area (Å²) in [6.45, 7) is 5.78. The van der Waals surface area contributed by atoms with E-state index in [0.29, 0.717) is 27.9 Å². The number of rotatable bonds is 5. The molecule has 10 heteroatoms. The molecular formula is C23H24ClN7O2. The minimum atomic E-state index is -0.277. The van der Waals surface area contributed by atoms with Gasteiger partial charge in [-0.25, -0.2) is 14.6 Å². The lowest BCUT2D eigenvalue weighted by atomic mass is 9.94. The summed E-state index contributed by atoms with van der Waals surface area (Å²) in [5.41, 5.74) is 11.0. The van der Waals surface area contributed by atoms with Crippen molar-refractivity contribution in [1.82, 2.24) is 30.0 Å². The number of amides is 1. The molecule has 1 atom stereocenters. The molecule has 3 heterocycles. The van der Waals surface area contributed by atoms with Crippen LogP contribution in [0.15, 0.2) is 30.7 Å². The van der Waals surface area contributed by atoms with Crippen LogP contribution in [0.5, 0.6) is 5.75 Å². The second-order valence-corrected chi connectivity index (χ2v) is 8.06. The number of anilines is 1. The third-order valence-electron chi connectivity index (χ3n) is 5.73. The van der Waals surface area contributed by atoms with E-state index in [4.69, 9.17) is 22.1 Å². The number of methoxy groups -OCH3 is 1. The predicted octanol–water partition coefficient (Wildman–Crippen LogP) is 3.72. The highest BCUT2D eigenvalue weighted by Gasteiger charge is 2.25. The molecule has 0 radical (unpaired) electrons. The van der Waals surface area contributed by atoms with Crippen LogP contribution < -0.4 is 15.8 Å². The lowest BCUT2D eigenvalue weighted by Crippen LogP contribution is -2.18. The summed E-state index contributed by atoms with van der Waals surface area (Å²) in [5, 5.41) is 8.54. The van der Waals surface area contributed by atoms with Crippen molar-refractivity contribution in [2.24, 2.45) is 0 Å². The molecule has 170 valence electrons. The summed E-state index contributed by atoms with van der Waals surface area (Å²) in [7, 11) is 3.18. The maximum absolute atomic E-state index is 11.9. The quantitative estimate of drug-likeness (QED) is 0.460. The number of nitrogens with two attached hydrogens (primary N) is 1. The third kappa shape index (κ3) is 3.74. The van der Waals surface area contributed by atoms with E-state index in [2.05, 4.69) is 25.4 Å². The first-order valence-electron chi connectivity index (χ1n) is 10.3. The van der Waals surface area contributed by atoms with Crippen molar-refractivity contribution >= 4 is 34.4 Å². The number of nitrogens with one attached hydrogen (secondary N) is 1. The van der Waals surface area contributed by atoms with Gasteiger partial charge in [0.05, 0.1) is 24.2 Å². The molecule has 0 saturated carbocycles. The number of hydrogen-bond acceptors (Lipinski definition) is 7. The predicted molar refractivity (Wildman–Crippen MR) is 128 cm³/mol. The maximum atomic E-state index is 11.9. The maximum Gasteiger partial charge on any atom is 0.269 e. The van der Waals surface area contributed by atoms with E-state index in [1.54, 1.807) is 31.1 Å². The Morgan fingerprint density at radius 1 is 1.24 bits per heavy atom. The van der Waals surface area contributed by atoms with Crippen LogP contribution in [-0.4, -0.2) is 44.8 Å². The van der Waals surface area contributed by atoms with E-state index >= 15 is 0 Å². The minimum Gasteiger partial charge on any atom is -0.496 e. The smallest absolute Gasteiger partial charge is 0.269 e. The van der Waals surface area contributed by atoms with Gasteiger partial charge in [0, 0.05) is 35.0 Å². The molecule has 3 N–H and O–H groups in total. The molecule has 0 aliphatic rings. The van der Waals surface area contributed by atoms with Gasteiger partial charge < -0.3 is 15.8 Å². The molecule has 0 aliphatic heterocycles. The largest absolute Gasteiger partial charge is 0.496 e. The van der Waals surface area contributed by atoms with E-state index in [1.807, 2.05) is 32.9 Å². The normalized spacial score (nSPS) is 12.1. The summed E-state index contributed by atoms with van der Waals surface area (Å²) in [6, 6.07) is 5.10. The standard InChI is InChI=1S/C23H24ClN7O2/c1-11-16(24)8-15(13(3)31-22-19(12(2)30-31)21(25)28-10-29-22)20(33-5)18(11)14-6-7-17(27-9-14)23(32)26-4/h6-10,13H,1-5H3,(H,26,32)(H2,25,28,29). The highest BCUT2D eigenvalue weighted by molar-refractivity contribution is 6.32. The number of aromatic nitrogens is 5. The topological polar surface area (TPSA) is 121 Å². The number of hydrogen-bond donors (Lipinski definition) is 2. The Balaban J connectivity index is 1.90. The molecular weight excluding hydrogens is 442 g/mol. The van der Waals surface area contributed by atoms with Crippen molar-refractivity contribution < 1.29 is 9.53 Å². The van der Waals surface area contributed by atoms with E-state index < -0.39 is 0 Å². The Bertz CT molecular complexity index is 1370. The van der Waals surface area contributed by atoms with Crippen molar-refractivity contribution in [3.05, 3.63) is 58.3 Å². The number of aryl methyl sites for hydroxylation is 1. The molecule has 0 spiro atoms. The van der Waals surface area contributed by atoms with E-state index in [0.717, 1.165) is 33.3 Å². The monoisotopic (exact) mass is 465 g/mol. The molecule has 33 heavy (non-hydrogen) atoms. The van der Waals surface area contributed by atoms with Gasteiger partial charge in [0.2, 0.25) is 0 Å². The number of pyridine rings is 1. The van der Waals surface area contributed by atoms with Crippen molar-refractivity contribution in [2.75, 3.05) is 19.9 Å². The molecule has 0 saturated heterocycles. The average Bonchev–Trinajstić information content (AvgIpc) is 3.17. The van der Waals surface area contributed by atoms with Crippen molar-refractivity contribution in [2.45, 2.75) is 26.8 Å². The van der Waals surface area contributed by atoms with Crippen LogP contribution >= 0.6 is 11.6 Å². The Kier molecular flexibility index (Phi) is 5.90. The molecule has 4 aromatic rings. The van der Waals surface area contributed by atoms with E-state index in [-0.39, 0.29) is 11.9 Å². The van der Waals surface area contributed by atoms with Crippen LogP contribution in [0.4, 0.5) is 5.82 Å². The van der Waals surface area contributed by atoms with Gasteiger partial charge in [-0.2, -0.15) is 5.10 Å². The first kappa shape index (κ1) is 22.5. The van der Waals surface area contributed by atoms with Gasteiger partial charge in [-0.1, -0.05) is 17.7 Å². The molecule has 4 rings (SSSR count). The van der Waals surface area contributed by atoms with Crippen molar-refractivity contribution in [3.63, 3.8) is 0 Å². The first-order chi connectivity index (χ1) is 15.8. The lowest BCUT2D eigenvalue weighted by molar-refractivity contribution is 0.0958. The molecule has 3 aromatic heterocycles. The number of ether oxygens (including phenoxy) is 1. The van der Waals surface area contributed by atoms with Crippen LogP contribution in [0.1, 0.15) is 40.3 Å². The summed E-state index contributed by atoms with van der Waals surface area (Å²) in [6.07, 6.45) is 3.06. The summed E-state index contributed by atoms with van der Waals surface area (Å²) >= 11 is 6.67. The van der Waals surface area contributed by atoms with Crippen LogP contribution in [-0.2, 0) is 0 Å². The highest BCUT2D eigenvalue weighted by Crippen LogP contribution is 2.43. The van der Waals surface area contributed by atoms with Crippen molar-refractivity contribution in [3.8, 4) is 16.9 Å². The lowest BCUT2D eigenvalue weighted by Gasteiger charge is -2.22. The van der Waals surface area contributed by atoms with Crippen LogP contribution in [0.2, 0.25) is 5.02 Å². The first-order valence-corrected chi connectivity index (χ1v) is 10.7. The fourth-order valence-corrected chi connectivity index (χ4v) is 4.21. The SMILES string of the molecule is CNC(=O)c1ccc(-c2c(C)c(Cl)cc(C(C)n3nc(C)c4c(N)ncnc43)c2OC)cn1. The van der Waals surface area contributed by atoms with Gasteiger partial charge in [-0.15, -0.1) is 0 Å². The third-order valence-corrected chi connectivity index (χ3v) is 6.12. The molecule has 1 amide bonds. The summed E-state index contributed by atoms with van der Waals surface area (Å²) in [4.78, 5) is 24.7. The molecule has 9 nitrogen and oxygen atoms in total. The van der Waals surface area contributed by atoms with Crippen molar-refractivity contribution in [1.29, 1.82) is 0 Å². The zero-order chi connectivity index (χ0) is 23.9. The Hall–Kier alpha value is -3.72. The summed E-state index contributed by atoms with van der Waals surface area (Å²) < 4.78 is 7.68. The Morgan fingerprint density at radius 2 is 2.00 bits per heavy atom. The van der Waals surface area contributed by atoms with Crippen LogP contribution in [0.3, 0.4) is 0 Å². The van der Waals surface area contributed by atoms with Gasteiger partial charge in [-0.3, -0.25) is 9.78 Å². The van der Waals surface area contributed by atoms with Crippen LogP contribution in [0, 0.1) is 13.8 Å². The van der Waals surface area contributed by atoms with Gasteiger partial charge >= 0.3 is 0 Å². The second-order valence-electron chi connectivity index (χ2n) is 7.66. The number of nitrogens with zero attached hydrogens (tertiary/aromatic N) is 5. The minimum absolute atomic E-state index is 0.257. The Morgan fingerprint density at radius 3 is 2.64 bits per heavy atom. The fourth-order valence-electron chi connectivity index (χ4n) is 4.00. The number of carbonyl (C=O) groups excluding carboxylic acids is 1. The van der Waals surface area contributed by atoms with E-state index in [1.165, 1.54) is 6.33 Å². The van der Waals surface area contributed by atoms with Gasteiger partial charge in [0.15, 0.2) is 5.65 Å².